The molecule has 0 spiro atoms. The van der Waals surface area contributed by atoms with Crippen molar-refractivity contribution in [3.05, 3.63) is 29.3 Å². The summed E-state index contributed by atoms with van der Waals surface area (Å²) in [6.07, 6.45) is 6.02. The molecule has 2 N–H and O–H groups in total. The third kappa shape index (κ3) is 3.72. The van der Waals surface area contributed by atoms with Gasteiger partial charge in [-0.05, 0) is 44.2 Å². The summed E-state index contributed by atoms with van der Waals surface area (Å²) in [6, 6.07) is 6.01. The van der Waals surface area contributed by atoms with Crippen LogP contribution in [0.3, 0.4) is 0 Å². The van der Waals surface area contributed by atoms with E-state index in [-0.39, 0.29) is 0 Å². The molecule has 104 valence electrons. The fourth-order valence-corrected chi connectivity index (χ4v) is 2.81. The van der Waals surface area contributed by atoms with Crippen LogP contribution in [0.2, 0.25) is 0 Å². The van der Waals surface area contributed by atoms with Crippen LogP contribution in [0.25, 0.3) is 0 Å². The van der Waals surface area contributed by atoms with E-state index in [4.69, 9.17) is 0 Å². The summed E-state index contributed by atoms with van der Waals surface area (Å²) < 4.78 is 0. The number of hydrogen-bond donors (Lipinski definition) is 2. The largest absolute Gasteiger partial charge is 0.478 e. The molecule has 0 heterocycles. The molecule has 0 radical (unpaired) electrons. The summed E-state index contributed by atoms with van der Waals surface area (Å²) in [7, 11) is 0. The zero-order valence-electron chi connectivity index (χ0n) is 11.8. The molecular formula is C16H23NO2. The lowest BCUT2D eigenvalue weighted by Crippen LogP contribution is -2.20. The van der Waals surface area contributed by atoms with Gasteiger partial charge in [0, 0.05) is 11.7 Å². The number of carboxylic acids is 1. The van der Waals surface area contributed by atoms with Gasteiger partial charge in [0.05, 0.1) is 5.56 Å². The topological polar surface area (TPSA) is 49.3 Å². The predicted octanol–water partition coefficient (Wildman–Crippen LogP) is 4.07. The van der Waals surface area contributed by atoms with E-state index >= 15 is 0 Å². The minimum Gasteiger partial charge on any atom is -0.478 e. The van der Waals surface area contributed by atoms with Gasteiger partial charge in [0.15, 0.2) is 0 Å². The van der Waals surface area contributed by atoms with Crippen LogP contribution < -0.4 is 5.32 Å². The maximum Gasteiger partial charge on any atom is 0.337 e. The normalized spacial score (nSPS) is 23.7. The first-order valence-corrected chi connectivity index (χ1v) is 7.16. The highest BCUT2D eigenvalue weighted by Crippen LogP contribution is 2.26. The van der Waals surface area contributed by atoms with Gasteiger partial charge < -0.3 is 10.4 Å². The van der Waals surface area contributed by atoms with E-state index in [9.17, 15) is 9.90 Å². The van der Waals surface area contributed by atoms with Crippen LogP contribution in [0.1, 0.15) is 54.9 Å². The van der Waals surface area contributed by atoms with E-state index in [1.165, 1.54) is 19.3 Å². The lowest BCUT2D eigenvalue weighted by Gasteiger charge is -2.19. The van der Waals surface area contributed by atoms with Crippen molar-refractivity contribution in [3.63, 3.8) is 0 Å². The van der Waals surface area contributed by atoms with E-state index < -0.39 is 5.97 Å². The van der Waals surface area contributed by atoms with Gasteiger partial charge >= 0.3 is 5.97 Å². The molecule has 2 rings (SSSR count). The fourth-order valence-electron chi connectivity index (χ4n) is 2.81. The van der Waals surface area contributed by atoms with Gasteiger partial charge in [-0.2, -0.15) is 0 Å². The van der Waals surface area contributed by atoms with Gasteiger partial charge in [-0.15, -0.1) is 0 Å². The second-order valence-electron chi connectivity index (χ2n) is 5.81. The van der Waals surface area contributed by atoms with Crippen molar-refractivity contribution in [1.82, 2.24) is 0 Å². The Hall–Kier alpha value is -1.51. The first kappa shape index (κ1) is 13.9. The van der Waals surface area contributed by atoms with Crippen molar-refractivity contribution in [3.8, 4) is 0 Å². The zero-order chi connectivity index (χ0) is 13.8. The molecule has 0 amide bonds. The Kier molecular flexibility index (Phi) is 4.46. The molecule has 3 heteroatoms. The molecule has 2 unspecified atom stereocenters. The van der Waals surface area contributed by atoms with Crippen LogP contribution >= 0.6 is 0 Å². The molecular weight excluding hydrogens is 238 g/mol. The third-order valence-electron chi connectivity index (χ3n) is 4.02. The van der Waals surface area contributed by atoms with Crippen LogP contribution in [-0.2, 0) is 0 Å². The van der Waals surface area contributed by atoms with Gasteiger partial charge in [-0.1, -0.05) is 31.4 Å². The minimum atomic E-state index is -0.854. The number of nitrogens with one attached hydrogen (secondary N) is 1. The molecule has 1 saturated carbocycles. The number of benzene rings is 1. The van der Waals surface area contributed by atoms with Crippen molar-refractivity contribution in [2.45, 2.75) is 52.0 Å². The number of aryl methyl sites for hydroxylation is 1. The van der Waals surface area contributed by atoms with Crippen molar-refractivity contribution in [2.24, 2.45) is 5.92 Å². The van der Waals surface area contributed by atoms with E-state index in [2.05, 4.69) is 12.2 Å². The maximum atomic E-state index is 11.3. The Labute approximate surface area is 115 Å². The monoisotopic (exact) mass is 261 g/mol. The van der Waals surface area contributed by atoms with E-state index in [1.807, 2.05) is 19.1 Å². The molecule has 1 aromatic rings. The highest BCUT2D eigenvalue weighted by atomic mass is 16.4. The summed E-state index contributed by atoms with van der Waals surface area (Å²) in [5.74, 6) is -0.0584. The molecule has 0 aliphatic heterocycles. The van der Waals surface area contributed by atoms with Crippen LogP contribution in [0.5, 0.6) is 0 Å². The second kappa shape index (κ2) is 6.09. The summed E-state index contributed by atoms with van der Waals surface area (Å²) >= 11 is 0. The van der Waals surface area contributed by atoms with Crippen LogP contribution in [0.15, 0.2) is 18.2 Å². The molecule has 19 heavy (non-hydrogen) atoms. The third-order valence-corrected chi connectivity index (χ3v) is 4.02. The number of carboxylic acid groups (broad SMARTS) is 1. The maximum absolute atomic E-state index is 11.3. The predicted molar refractivity (Wildman–Crippen MR) is 77.8 cm³/mol. The number of rotatable bonds is 3. The number of aromatic carboxylic acids is 1. The average Bonchev–Trinajstić information content (AvgIpc) is 2.56. The van der Waals surface area contributed by atoms with Gasteiger partial charge in [0.2, 0.25) is 0 Å². The molecule has 2 atom stereocenters. The first-order chi connectivity index (χ1) is 9.06. The van der Waals surface area contributed by atoms with Gasteiger partial charge in [-0.3, -0.25) is 0 Å². The smallest absolute Gasteiger partial charge is 0.337 e. The SMILES string of the molecule is Cc1ccc(NC2CCCC(C)CC2)c(C(=O)O)c1. The molecule has 0 aromatic heterocycles. The molecule has 0 bridgehead atoms. The zero-order valence-corrected chi connectivity index (χ0v) is 11.8. The molecule has 0 saturated heterocycles. The summed E-state index contributed by atoms with van der Waals surface area (Å²) in [5, 5.41) is 12.7. The van der Waals surface area contributed by atoms with Crippen molar-refractivity contribution in [2.75, 3.05) is 5.32 Å². The lowest BCUT2D eigenvalue weighted by atomic mass is 10.0. The lowest BCUT2D eigenvalue weighted by molar-refractivity contribution is 0.0698. The summed E-state index contributed by atoms with van der Waals surface area (Å²) in [5.41, 5.74) is 2.13. The molecule has 3 nitrogen and oxygen atoms in total. The Bertz CT molecular complexity index is 456. The summed E-state index contributed by atoms with van der Waals surface area (Å²) in [4.78, 5) is 11.3. The Morgan fingerprint density at radius 3 is 2.79 bits per heavy atom. The average molecular weight is 261 g/mol. The highest BCUT2D eigenvalue weighted by Gasteiger charge is 2.18. The fraction of sp³-hybridized carbons (Fsp3) is 0.562. The molecule has 1 aromatic carbocycles. The quantitative estimate of drug-likeness (QED) is 0.806. The van der Waals surface area contributed by atoms with Crippen LogP contribution in [0, 0.1) is 12.8 Å². The molecule has 1 aliphatic carbocycles. The van der Waals surface area contributed by atoms with Crippen molar-refractivity contribution >= 4 is 11.7 Å². The van der Waals surface area contributed by atoms with Gasteiger partial charge in [0.25, 0.3) is 0 Å². The van der Waals surface area contributed by atoms with Gasteiger partial charge in [-0.25, -0.2) is 4.79 Å². The Balaban J connectivity index is 2.12. The number of carbonyl (C=O) groups is 1. The summed E-state index contributed by atoms with van der Waals surface area (Å²) in [6.45, 7) is 4.22. The highest BCUT2D eigenvalue weighted by molar-refractivity contribution is 5.94. The van der Waals surface area contributed by atoms with Crippen LogP contribution in [0.4, 0.5) is 5.69 Å². The standard InChI is InChI=1S/C16H23NO2/c1-11-4-3-5-13(8-6-11)17-15-9-7-12(2)10-14(15)16(18)19/h7,9-11,13,17H,3-6,8H2,1-2H3,(H,18,19). The Morgan fingerprint density at radius 2 is 2.05 bits per heavy atom. The van der Waals surface area contributed by atoms with Crippen molar-refractivity contribution in [1.29, 1.82) is 0 Å². The Morgan fingerprint density at radius 1 is 1.26 bits per heavy atom. The van der Waals surface area contributed by atoms with E-state index in [0.717, 1.165) is 30.0 Å². The second-order valence-corrected chi connectivity index (χ2v) is 5.81. The number of anilines is 1. The molecule has 1 fully saturated rings. The van der Waals surface area contributed by atoms with Crippen LogP contribution in [-0.4, -0.2) is 17.1 Å². The van der Waals surface area contributed by atoms with E-state index in [1.54, 1.807) is 6.07 Å². The number of hydrogen-bond acceptors (Lipinski definition) is 2. The minimum absolute atomic E-state index is 0.386. The van der Waals surface area contributed by atoms with E-state index in [0.29, 0.717) is 11.6 Å². The first-order valence-electron chi connectivity index (χ1n) is 7.16. The van der Waals surface area contributed by atoms with Gasteiger partial charge in [0.1, 0.15) is 0 Å². The molecule has 1 aliphatic rings. The van der Waals surface area contributed by atoms with Crippen molar-refractivity contribution < 1.29 is 9.90 Å².